The van der Waals surface area contributed by atoms with Crippen LogP contribution in [0.2, 0.25) is 0 Å². The highest BCUT2D eigenvalue weighted by molar-refractivity contribution is 6.00. The van der Waals surface area contributed by atoms with Crippen molar-refractivity contribution in [2.75, 3.05) is 24.5 Å². The Kier molecular flexibility index (Phi) is 5.03. The molecule has 2 heterocycles. The molecule has 5 nitrogen and oxygen atoms in total. The van der Waals surface area contributed by atoms with E-state index in [0.717, 1.165) is 31.0 Å². The second kappa shape index (κ2) is 7.07. The van der Waals surface area contributed by atoms with Gasteiger partial charge in [0.15, 0.2) is 0 Å². The van der Waals surface area contributed by atoms with Crippen molar-refractivity contribution < 1.29 is 18.4 Å². The number of anilines is 1. The molecule has 0 saturated carbocycles. The van der Waals surface area contributed by atoms with Crippen LogP contribution in [0.4, 0.5) is 14.5 Å². The molecule has 3 rings (SSSR count). The van der Waals surface area contributed by atoms with Gasteiger partial charge in [0.1, 0.15) is 11.6 Å². The minimum Gasteiger partial charge on any atom is -0.338 e. The molecule has 2 aliphatic heterocycles. The van der Waals surface area contributed by atoms with E-state index in [0.29, 0.717) is 19.0 Å². The van der Waals surface area contributed by atoms with E-state index in [1.165, 1.54) is 4.90 Å². The number of rotatable bonds is 3. The van der Waals surface area contributed by atoms with Gasteiger partial charge in [0.25, 0.3) is 0 Å². The van der Waals surface area contributed by atoms with Gasteiger partial charge in [-0.3, -0.25) is 9.59 Å². The Labute approximate surface area is 145 Å². The molecule has 2 fully saturated rings. The van der Waals surface area contributed by atoms with Crippen LogP contribution < -0.4 is 10.6 Å². The summed E-state index contributed by atoms with van der Waals surface area (Å²) in [5.41, 5.74) is 5.97. The quantitative estimate of drug-likeness (QED) is 0.905. The molecule has 136 valence electrons. The molecule has 0 aromatic heterocycles. The van der Waals surface area contributed by atoms with E-state index in [-0.39, 0.29) is 36.5 Å². The van der Waals surface area contributed by atoms with Crippen LogP contribution in [0.15, 0.2) is 18.2 Å². The molecular weight excluding hydrogens is 328 g/mol. The number of hydrogen-bond acceptors (Lipinski definition) is 3. The summed E-state index contributed by atoms with van der Waals surface area (Å²) < 4.78 is 26.8. The van der Waals surface area contributed by atoms with E-state index in [2.05, 4.69) is 6.92 Å². The molecule has 2 amide bonds. The van der Waals surface area contributed by atoms with Gasteiger partial charge in [-0.25, -0.2) is 8.78 Å². The molecule has 0 radical (unpaired) electrons. The number of piperidine rings is 1. The summed E-state index contributed by atoms with van der Waals surface area (Å²) in [6.45, 7) is 3.32. The van der Waals surface area contributed by atoms with Crippen LogP contribution in [0, 0.1) is 23.5 Å². The van der Waals surface area contributed by atoms with Crippen molar-refractivity contribution in [1.82, 2.24) is 4.90 Å². The summed E-state index contributed by atoms with van der Waals surface area (Å²) >= 11 is 0. The first-order valence-corrected chi connectivity index (χ1v) is 8.66. The summed E-state index contributed by atoms with van der Waals surface area (Å²) in [6, 6.07) is 2.97. The molecule has 2 saturated heterocycles. The SMILES string of the molecule is CC1CCN(C(=O)C2CC(=O)N(c3cc(F)cc(F)c3)C2)C(CN)C1. The fraction of sp³-hybridized carbons (Fsp3) is 0.556. The number of amides is 2. The second-order valence-electron chi connectivity index (χ2n) is 7.08. The number of benzene rings is 1. The number of nitrogens with two attached hydrogens (primary N) is 1. The minimum absolute atomic E-state index is 0.00739. The standard InChI is InChI=1S/C18H23F2N3O2/c1-11-2-3-22(16(4-11)9-21)18(25)12-5-17(24)23(10-12)15-7-13(19)6-14(20)8-15/h6-8,11-12,16H,2-5,9-10,21H2,1H3. The van der Waals surface area contributed by atoms with Gasteiger partial charge in [-0.1, -0.05) is 6.92 Å². The lowest BCUT2D eigenvalue weighted by Crippen LogP contribution is -2.51. The molecule has 0 spiro atoms. The average molecular weight is 351 g/mol. The van der Waals surface area contributed by atoms with E-state index in [1.807, 2.05) is 0 Å². The van der Waals surface area contributed by atoms with E-state index in [1.54, 1.807) is 4.90 Å². The van der Waals surface area contributed by atoms with E-state index in [9.17, 15) is 18.4 Å². The fourth-order valence-corrected chi connectivity index (χ4v) is 3.82. The molecule has 3 atom stereocenters. The number of likely N-dealkylation sites (tertiary alicyclic amines) is 1. The first-order valence-electron chi connectivity index (χ1n) is 8.66. The van der Waals surface area contributed by atoms with E-state index < -0.39 is 17.6 Å². The van der Waals surface area contributed by atoms with Crippen molar-refractivity contribution in [3.8, 4) is 0 Å². The molecule has 2 aliphatic rings. The predicted octanol–water partition coefficient (Wildman–Crippen LogP) is 1.90. The van der Waals surface area contributed by atoms with Crippen molar-refractivity contribution in [2.24, 2.45) is 17.6 Å². The number of halogens is 2. The highest BCUT2D eigenvalue weighted by Crippen LogP contribution is 2.30. The summed E-state index contributed by atoms with van der Waals surface area (Å²) in [5, 5.41) is 0. The van der Waals surface area contributed by atoms with Crippen LogP contribution >= 0.6 is 0 Å². The maximum atomic E-state index is 13.4. The van der Waals surface area contributed by atoms with Gasteiger partial charge >= 0.3 is 0 Å². The lowest BCUT2D eigenvalue weighted by molar-refractivity contribution is -0.139. The highest BCUT2D eigenvalue weighted by atomic mass is 19.1. The van der Waals surface area contributed by atoms with Crippen molar-refractivity contribution >= 4 is 17.5 Å². The lowest BCUT2D eigenvalue weighted by Gasteiger charge is -2.39. The van der Waals surface area contributed by atoms with Crippen LogP contribution in [0.25, 0.3) is 0 Å². The predicted molar refractivity (Wildman–Crippen MR) is 89.8 cm³/mol. The summed E-state index contributed by atoms with van der Waals surface area (Å²) in [6.07, 6.45) is 1.84. The first-order chi connectivity index (χ1) is 11.9. The summed E-state index contributed by atoms with van der Waals surface area (Å²) in [4.78, 5) is 28.2. The zero-order valence-electron chi connectivity index (χ0n) is 14.3. The van der Waals surface area contributed by atoms with Gasteiger partial charge in [0, 0.05) is 43.9 Å². The second-order valence-corrected chi connectivity index (χ2v) is 7.08. The number of nitrogens with zero attached hydrogens (tertiary/aromatic N) is 2. The van der Waals surface area contributed by atoms with E-state index in [4.69, 9.17) is 5.73 Å². The third kappa shape index (κ3) is 3.66. The molecule has 0 bridgehead atoms. The van der Waals surface area contributed by atoms with Gasteiger partial charge in [-0.15, -0.1) is 0 Å². The normalized spacial score (nSPS) is 27.0. The van der Waals surface area contributed by atoms with Crippen molar-refractivity contribution in [3.05, 3.63) is 29.8 Å². The van der Waals surface area contributed by atoms with Crippen LogP contribution in [0.1, 0.15) is 26.2 Å². The van der Waals surface area contributed by atoms with Gasteiger partial charge < -0.3 is 15.5 Å². The maximum Gasteiger partial charge on any atom is 0.228 e. The Bertz CT molecular complexity index is 662. The maximum absolute atomic E-state index is 13.4. The lowest BCUT2D eigenvalue weighted by atomic mass is 9.91. The number of carbonyl (C=O) groups is 2. The zero-order valence-corrected chi connectivity index (χ0v) is 14.3. The fourth-order valence-electron chi connectivity index (χ4n) is 3.82. The highest BCUT2D eigenvalue weighted by Gasteiger charge is 2.40. The summed E-state index contributed by atoms with van der Waals surface area (Å²) in [7, 11) is 0. The molecule has 1 aromatic rings. The number of hydrogen-bond donors (Lipinski definition) is 1. The number of carbonyl (C=O) groups excluding carboxylic acids is 2. The van der Waals surface area contributed by atoms with Gasteiger partial charge in [-0.2, -0.15) is 0 Å². The Morgan fingerprint density at radius 1 is 1.28 bits per heavy atom. The topological polar surface area (TPSA) is 66.6 Å². The van der Waals surface area contributed by atoms with Crippen molar-refractivity contribution in [3.63, 3.8) is 0 Å². The molecule has 1 aromatic carbocycles. The Morgan fingerprint density at radius 2 is 1.96 bits per heavy atom. The molecular formula is C18H23F2N3O2. The molecule has 25 heavy (non-hydrogen) atoms. The first kappa shape index (κ1) is 17.8. The van der Waals surface area contributed by atoms with Gasteiger partial charge in [0.05, 0.1) is 5.92 Å². The zero-order chi connectivity index (χ0) is 18.1. The third-order valence-corrected chi connectivity index (χ3v) is 5.17. The van der Waals surface area contributed by atoms with Crippen LogP contribution in [0.5, 0.6) is 0 Å². The Hall–Kier alpha value is -2.02. The summed E-state index contributed by atoms with van der Waals surface area (Å²) in [5.74, 6) is -1.85. The van der Waals surface area contributed by atoms with Crippen LogP contribution in [0.3, 0.4) is 0 Å². The van der Waals surface area contributed by atoms with Crippen molar-refractivity contribution in [1.29, 1.82) is 0 Å². The Morgan fingerprint density at radius 3 is 2.60 bits per heavy atom. The Balaban J connectivity index is 1.74. The molecule has 2 N–H and O–H groups in total. The van der Waals surface area contributed by atoms with Crippen molar-refractivity contribution in [2.45, 2.75) is 32.2 Å². The monoisotopic (exact) mass is 351 g/mol. The molecule has 3 unspecified atom stereocenters. The van der Waals surface area contributed by atoms with Crippen LogP contribution in [-0.2, 0) is 9.59 Å². The average Bonchev–Trinajstić information content (AvgIpc) is 2.95. The van der Waals surface area contributed by atoms with E-state index >= 15 is 0 Å². The van der Waals surface area contributed by atoms with Gasteiger partial charge in [0.2, 0.25) is 11.8 Å². The molecule has 7 heteroatoms. The largest absolute Gasteiger partial charge is 0.338 e. The van der Waals surface area contributed by atoms with Crippen LogP contribution in [-0.4, -0.2) is 42.4 Å². The third-order valence-electron chi connectivity index (χ3n) is 5.17. The smallest absolute Gasteiger partial charge is 0.228 e. The van der Waals surface area contributed by atoms with Gasteiger partial charge in [-0.05, 0) is 30.9 Å². The minimum atomic E-state index is -0.745. The molecule has 0 aliphatic carbocycles.